The molecule has 0 spiro atoms. The predicted octanol–water partition coefficient (Wildman–Crippen LogP) is 2.36. The van der Waals surface area contributed by atoms with Gasteiger partial charge in [0.2, 0.25) is 0 Å². The van der Waals surface area contributed by atoms with Gasteiger partial charge in [0.15, 0.2) is 0 Å². The molecule has 0 atom stereocenters. The predicted molar refractivity (Wildman–Crippen MR) is 79.9 cm³/mol. The van der Waals surface area contributed by atoms with E-state index in [0.717, 1.165) is 11.3 Å². The second-order valence-electron chi connectivity index (χ2n) is 3.91. The number of carbonyl (C=O) groups is 1. The van der Waals surface area contributed by atoms with Crippen LogP contribution in [-0.2, 0) is 4.79 Å². The molecule has 1 aromatic carbocycles. The lowest BCUT2D eigenvalue weighted by Crippen LogP contribution is -2.17. The molecule has 3 rings (SSSR count). The lowest BCUT2D eigenvalue weighted by Gasteiger charge is -2.02. The van der Waals surface area contributed by atoms with Gasteiger partial charge < -0.3 is 9.88 Å². The van der Waals surface area contributed by atoms with Crippen LogP contribution in [-0.4, -0.2) is 19.8 Å². The fraction of sp³-hybridized carbons (Fsp3) is 0. The highest BCUT2D eigenvalue weighted by Crippen LogP contribution is 2.26. The highest BCUT2D eigenvalue weighted by atomic mass is 32.2. The van der Waals surface area contributed by atoms with Gasteiger partial charge in [-0.05, 0) is 23.8 Å². The Labute approximate surface area is 119 Å². The molecule has 0 aliphatic carbocycles. The van der Waals surface area contributed by atoms with Gasteiger partial charge >= 0.3 is 0 Å². The molecule has 0 saturated carbocycles. The van der Waals surface area contributed by atoms with Gasteiger partial charge in [0.25, 0.3) is 5.91 Å². The van der Waals surface area contributed by atoms with E-state index in [9.17, 15) is 4.79 Å². The van der Waals surface area contributed by atoms with Crippen LogP contribution in [0.25, 0.3) is 11.8 Å². The molecule has 0 bridgehead atoms. The molecule has 94 valence electrons. The molecular formula is C13H9N3OS2. The topological polar surface area (TPSA) is 46.9 Å². The Morgan fingerprint density at radius 2 is 2.11 bits per heavy atom. The molecule has 2 heterocycles. The Morgan fingerprint density at radius 3 is 2.68 bits per heavy atom. The molecule has 1 N–H and O–H groups in total. The summed E-state index contributed by atoms with van der Waals surface area (Å²) in [5.41, 5.74) is 1.99. The van der Waals surface area contributed by atoms with E-state index in [-0.39, 0.29) is 5.91 Å². The third-order valence-corrected chi connectivity index (χ3v) is 3.80. The van der Waals surface area contributed by atoms with Crippen molar-refractivity contribution in [2.75, 3.05) is 0 Å². The van der Waals surface area contributed by atoms with E-state index in [1.165, 1.54) is 11.8 Å². The first kappa shape index (κ1) is 12.1. The lowest BCUT2D eigenvalue weighted by atomic mass is 10.2. The second-order valence-corrected chi connectivity index (χ2v) is 5.63. The summed E-state index contributed by atoms with van der Waals surface area (Å²) in [5.74, 6) is -0.131. The summed E-state index contributed by atoms with van der Waals surface area (Å²) >= 11 is 6.23. The molecule has 19 heavy (non-hydrogen) atoms. The minimum absolute atomic E-state index is 0.131. The number of nitrogens with one attached hydrogen (secondary N) is 1. The Kier molecular flexibility index (Phi) is 3.18. The summed E-state index contributed by atoms with van der Waals surface area (Å²) in [7, 11) is 0. The highest BCUT2D eigenvalue weighted by Gasteiger charge is 2.21. The largest absolute Gasteiger partial charge is 0.307 e. The van der Waals surface area contributed by atoms with Gasteiger partial charge in [0, 0.05) is 18.1 Å². The Morgan fingerprint density at radius 1 is 1.32 bits per heavy atom. The van der Waals surface area contributed by atoms with Crippen molar-refractivity contribution in [2.24, 2.45) is 0 Å². The molecule has 1 amide bonds. The van der Waals surface area contributed by atoms with Crippen LogP contribution < -0.4 is 5.32 Å². The summed E-state index contributed by atoms with van der Waals surface area (Å²) in [6.07, 6.45) is 7.19. The zero-order valence-electron chi connectivity index (χ0n) is 9.74. The number of hydrogen-bond acceptors (Lipinski definition) is 4. The fourth-order valence-corrected chi connectivity index (χ4v) is 2.77. The highest BCUT2D eigenvalue weighted by molar-refractivity contribution is 8.26. The van der Waals surface area contributed by atoms with E-state index in [1.54, 1.807) is 12.5 Å². The SMILES string of the molecule is O=C1NC(=S)SC1=Cc1ccc(-n2ccnc2)cc1. The van der Waals surface area contributed by atoms with E-state index in [1.807, 2.05) is 41.1 Å². The van der Waals surface area contributed by atoms with Crippen LogP contribution in [0.15, 0.2) is 47.9 Å². The van der Waals surface area contributed by atoms with E-state index >= 15 is 0 Å². The van der Waals surface area contributed by atoms with Crippen LogP contribution >= 0.6 is 24.0 Å². The summed E-state index contributed by atoms with van der Waals surface area (Å²) < 4.78 is 2.43. The first-order chi connectivity index (χ1) is 9.22. The van der Waals surface area contributed by atoms with Crippen LogP contribution in [0.2, 0.25) is 0 Å². The number of amides is 1. The molecule has 1 aliphatic rings. The molecule has 0 unspecified atom stereocenters. The normalized spacial score (nSPS) is 16.9. The van der Waals surface area contributed by atoms with Crippen molar-refractivity contribution in [1.29, 1.82) is 0 Å². The van der Waals surface area contributed by atoms with Gasteiger partial charge in [0.05, 0.1) is 11.2 Å². The standard InChI is InChI=1S/C13H9N3OS2/c17-12-11(19-13(18)15-12)7-9-1-3-10(4-2-9)16-6-5-14-8-16/h1-8H,(H,15,17,18). The number of hydrogen-bond donors (Lipinski definition) is 1. The Balaban J connectivity index is 1.86. The van der Waals surface area contributed by atoms with Crippen LogP contribution in [0.1, 0.15) is 5.56 Å². The molecule has 1 fully saturated rings. The smallest absolute Gasteiger partial charge is 0.263 e. The van der Waals surface area contributed by atoms with E-state index in [2.05, 4.69) is 10.3 Å². The van der Waals surface area contributed by atoms with Gasteiger partial charge in [-0.15, -0.1) is 0 Å². The van der Waals surface area contributed by atoms with Gasteiger partial charge in [-0.2, -0.15) is 0 Å². The van der Waals surface area contributed by atoms with Crippen molar-refractivity contribution in [1.82, 2.24) is 14.9 Å². The van der Waals surface area contributed by atoms with Crippen LogP contribution in [0.5, 0.6) is 0 Å². The van der Waals surface area contributed by atoms with Crippen molar-refractivity contribution >= 4 is 40.3 Å². The maximum atomic E-state index is 11.5. The van der Waals surface area contributed by atoms with Crippen molar-refractivity contribution in [3.63, 3.8) is 0 Å². The minimum atomic E-state index is -0.131. The zero-order valence-corrected chi connectivity index (χ0v) is 11.4. The van der Waals surface area contributed by atoms with E-state index in [4.69, 9.17) is 12.2 Å². The lowest BCUT2D eigenvalue weighted by molar-refractivity contribution is -0.115. The number of thiocarbonyl (C=S) groups is 1. The second kappa shape index (κ2) is 4.99. The average Bonchev–Trinajstić information content (AvgIpc) is 3.01. The van der Waals surface area contributed by atoms with Crippen molar-refractivity contribution in [3.05, 3.63) is 53.5 Å². The average molecular weight is 287 g/mol. The van der Waals surface area contributed by atoms with Crippen molar-refractivity contribution in [3.8, 4) is 5.69 Å². The zero-order chi connectivity index (χ0) is 13.2. The molecule has 4 nitrogen and oxygen atoms in total. The Hall–Kier alpha value is -1.92. The first-order valence-corrected chi connectivity index (χ1v) is 6.78. The molecule has 2 aromatic rings. The van der Waals surface area contributed by atoms with E-state index < -0.39 is 0 Å². The monoisotopic (exact) mass is 287 g/mol. The van der Waals surface area contributed by atoms with Gasteiger partial charge in [-0.1, -0.05) is 36.1 Å². The molecule has 1 aromatic heterocycles. The number of rotatable bonds is 2. The maximum Gasteiger partial charge on any atom is 0.263 e. The van der Waals surface area contributed by atoms with E-state index in [0.29, 0.717) is 9.23 Å². The van der Waals surface area contributed by atoms with Gasteiger partial charge in [-0.3, -0.25) is 4.79 Å². The molecular weight excluding hydrogens is 278 g/mol. The molecule has 0 radical (unpaired) electrons. The summed E-state index contributed by atoms with van der Waals surface area (Å²) in [5, 5.41) is 2.60. The van der Waals surface area contributed by atoms with Crippen molar-refractivity contribution < 1.29 is 4.79 Å². The molecule has 6 heteroatoms. The maximum absolute atomic E-state index is 11.5. The molecule has 1 aliphatic heterocycles. The summed E-state index contributed by atoms with van der Waals surface area (Å²) in [6, 6.07) is 7.86. The summed E-state index contributed by atoms with van der Waals surface area (Å²) in [6.45, 7) is 0. The third-order valence-electron chi connectivity index (χ3n) is 2.64. The van der Waals surface area contributed by atoms with Crippen LogP contribution in [0, 0.1) is 0 Å². The number of imidazole rings is 1. The van der Waals surface area contributed by atoms with Crippen LogP contribution in [0.4, 0.5) is 0 Å². The first-order valence-electron chi connectivity index (χ1n) is 5.55. The summed E-state index contributed by atoms with van der Waals surface area (Å²) in [4.78, 5) is 16.2. The number of carbonyl (C=O) groups excluding carboxylic acids is 1. The van der Waals surface area contributed by atoms with Gasteiger partial charge in [0.1, 0.15) is 4.32 Å². The minimum Gasteiger partial charge on any atom is -0.307 e. The third kappa shape index (κ3) is 2.59. The Bertz CT molecular complexity index is 660. The quantitative estimate of drug-likeness (QED) is 0.680. The van der Waals surface area contributed by atoms with Crippen LogP contribution in [0.3, 0.4) is 0 Å². The van der Waals surface area contributed by atoms with Gasteiger partial charge in [-0.25, -0.2) is 4.98 Å². The molecule has 1 saturated heterocycles. The number of thioether (sulfide) groups is 1. The number of benzene rings is 1. The van der Waals surface area contributed by atoms with Crippen molar-refractivity contribution in [2.45, 2.75) is 0 Å². The fourth-order valence-electron chi connectivity index (χ4n) is 1.73. The number of nitrogens with zero attached hydrogens (tertiary/aromatic N) is 2. The number of aromatic nitrogens is 2.